The van der Waals surface area contributed by atoms with Crippen molar-refractivity contribution in [2.24, 2.45) is 0 Å². The van der Waals surface area contributed by atoms with Crippen molar-refractivity contribution in [1.82, 2.24) is 13.5 Å². The molecule has 1 aliphatic rings. The summed E-state index contributed by atoms with van der Waals surface area (Å²) < 4.78 is 57.5. The number of benzene rings is 3. The van der Waals surface area contributed by atoms with Gasteiger partial charge in [0, 0.05) is 44.9 Å². The normalized spacial score (nSPS) is 17.3. The summed E-state index contributed by atoms with van der Waals surface area (Å²) in [5, 5.41) is 11.1. The van der Waals surface area contributed by atoms with Gasteiger partial charge in [-0.25, -0.2) is 16.8 Å². The van der Waals surface area contributed by atoms with Crippen molar-refractivity contribution in [2.45, 2.75) is 36.1 Å². The molecule has 0 unspecified atom stereocenters. The Bertz CT molecular complexity index is 1590. The number of sulfonamides is 2. The Morgan fingerprint density at radius 1 is 0.738 bits per heavy atom. The van der Waals surface area contributed by atoms with Crippen molar-refractivity contribution >= 4 is 25.7 Å². The maximum Gasteiger partial charge on any atom is 0.269 e. The average Bonchev–Trinajstić information content (AvgIpc) is 2.96. The smallest absolute Gasteiger partial charge is 0.269 e. The van der Waals surface area contributed by atoms with E-state index in [-0.39, 0.29) is 41.7 Å². The number of hydrogen-bond donors (Lipinski definition) is 0. The molecule has 1 aliphatic heterocycles. The van der Waals surface area contributed by atoms with Gasteiger partial charge in [0.15, 0.2) is 0 Å². The number of nitrogens with zero attached hydrogens (tertiary/aromatic N) is 4. The van der Waals surface area contributed by atoms with E-state index in [1.54, 1.807) is 24.3 Å². The fourth-order valence-electron chi connectivity index (χ4n) is 4.92. The van der Waals surface area contributed by atoms with Gasteiger partial charge in [0.25, 0.3) is 5.69 Å². The Balaban J connectivity index is 1.64. The molecule has 1 saturated heterocycles. The first-order valence-electron chi connectivity index (χ1n) is 13.7. The summed E-state index contributed by atoms with van der Waals surface area (Å²) in [6.07, 6.45) is 1.13. The monoisotopic (exact) mass is 612 g/mol. The molecular formula is C30H36N4O6S2. The highest BCUT2D eigenvalue weighted by molar-refractivity contribution is 7.89. The largest absolute Gasteiger partial charge is 0.299 e. The fraction of sp³-hybridized carbons (Fsp3) is 0.333. The molecule has 224 valence electrons. The lowest BCUT2D eigenvalue weighted by atomic mass is 10.2. The summed E-state index contributed by atoms with van der Waals surface area (Å²) in [6, 6.07) is 21.4. The van der Waals surface area contributed by atoms with Crippen LogP contribution in [0.5, 0.6) is 0 Å². The molecule has 0 atom stereocenters. The molecule has 0 spiro atoms. The van der Waals surface area contributed by atoms with Crippen molar-refractivity contribution in [3.05, 3.63) is 112 Å². The molecule has 12 heteroatoms. The Hall–Kier alpha value is -3.42. The minimum Gasteiger partial charge on any atom is -0.299 e. The molecule has 0 aliphatic carbocycles. The van der Waals surface area contributed by atoms with E-state index in [0.717, 1.165) is 23.3 Å². The first-order valence-corrected chi connectivity index (χ1v) is 16.6. The lowest BCUT2D eigenvalue weighted by Gasteiger charge is -2.30. The van der Waals surface area contributed by atoms with Crippen molar-refractivity contribution in [1.29, 1.82) is 0 Å². The first kappa shape index (κ1) is 31.5. The fourth-order valence-corrected chi connectivity index (χ4v) is 7.92. The Labute approximate surface area is 248 Å². The third-order valence-corrected chi connectivity index (χ3v) is 10.9. The Kier molecular flexibility index (Phi) is 10.3. The van der Waals surface area contributed by atoms with E-state index in [4.69, 9.17) is 0 Å². The highest BCUT2D eigenvalue weighted by atomic mass is 32.2. The van der Waals surface area contributed by atoms with Gasteiger partial charge in [0.2, 0.25) is 20.0 Å². The number of rotatable bonds is 7. The summed E-state index contributed by atoms with van der Waals surface area (Å²) in [5.74, 6) is 0. The maximum atomic E-state index is 13.7. The van der Waals surface area contributed by atoms with Crippen molar-refractivity contribution in [3.8, 4) is 0 Å². The van der Waals surface area contributed by atoms with Crippen LogP contribution >= 0.6 is 0 Å². The highest BCUT2D eigenvalue weighted by Gasteiger charge is 2.29. The number of non-ortho nitro benzene ring substituents is 1. The van der Waals surface area contributed by atoms with E-state index in [9.17, 15) is 26.9 Å². The Morgan fingerprint density at radius 2 is 1.21 bits per heavy atom. The van der Waals surface area contributed by atoms with E-state index in [2.05, 4.69) is 11.5 Å². The number of nitro groups is 1. The van der Waals surface area contributed by atoms with Crippen LogP contribution in [0.15, 0.2) is 101 Å². The summed E-state index contributed by atoms with van der Waals surface area (Å²) >= 11 is 0. The topological polar surface area (TPSA) is 121 Å². The van der Waals surface area contributed by atoms with Gasteiger partial charge in [-0.3, -0.25) is 15.0 Å². The van der Waals surface area contributed by atoms with Crippen LogP contribution in [0, 0.1) is 17.0 Å². The van der Waals surface area contributed by atoms with Crippen LogP contribution in [0.4, 0.5) is 5.69 Å². The molecule has 0 radical (unpaired) electrons. The SMILES string of the molecule is C=C1CN(S(=O)(=O)c2ccc(C)cc2)CCCN(Cc2ccccc2)CCCN(S(=O)(=O)c2ccc([N+](=O)[O-])cc2)C1. The second-order valence-corrected chi connectivity index (χ2v) is 14.3. The second-order valence-electron chi connectivity index (χ2n) is 10.5. The van der Waals surface area contributed by atoms with Crippen LogP contribution in [0.3, 0.4) is 0 Å². The average molecular weight is 613 g/mol. The van der Waals surface area contributed by atoms with Crippen LogP contribution in [0.1, 0.15) is 24.0 Å². The molecule has 0 saturated carbocycles. The van der Waals surface area contributed by atoms with E-state index in [1.807, 2.05) is 37.3 Å². The molecule has 1 fully saturated rings. The van der Waals surface area contributed by atoms with Gasteiger partial charge in [0.05, 0.1) is 14.7 Å². The summed E-state index contributed by atoms with van der Waals surface area (Å²) in [5.41, 5.74) is 2.27. The van der Waals surface area contributed by atoms with Crippen LogP contribution in [-0.4, -0.2) is 74.5 Å². The zero-order valence-electron chi connectivity index (χ0n) is 23.6. The van der Waals surface area contributed by atoms with Gasteiger partial charge >= 0.3 is 0 Å². The second kappa shape index (κ2) is 13.7. The lowest BCUT2D eigenvalue weighted by molar-refractivity contribution is -0.384. The quantitative estimate of drug-likeness (QED) is 0.220. The van der Waals surface area contributed by atoms with Gasteiger partial charge in [-0.15, -0.1) is 0 Å². The summed E-state index contributed by atoms with van der Waals surface area (Å²) in [4.78, 5) is 12.8. The highest BCUT2D eigenvalue weighted by Crippen LogP contribution is 2.23. The van der Waals surface area contributed by atoms with Crippen LogP contribution in [0.2, 0.25) is 0 Å². The number of hydrogen-bond acceptors (Lipinski definition) is 7. The van der Waals surface area contributed by atoms with Gasteiger partial charge < -0.3 is 0 Å². The standard InChI is InChI=1S/C30H36N4O6S2/c1-25-10-14-29(15-11-25)41(37,38)32-20-6-18-31(24-27-8-4-3-5-9-27)19-7-21-33(23-26(2)22-32)42(39,40)30-16-12-28(13-17-30)34(35)36/h3-5,8-17H,2,6-7,18-24H2,1H3. The van der Waals surface area contributed by atoms with Crippen molar-refractivity contribution < 1.29 is 21.8 Å². The molecule has 1 heterocycles. The molecule has 3 aromatic carbocycles. The third kappa shape index (κ3) is 7.90. The first-order chi connectivity index (χ1) is 20.0. The van der Waals surface area contributed by atoms with Crippen molar-refractivity contribution in [2.75, 3.05) is 39.3 Å². The Morgan fingerprint density at radius 3 is 1.69 bits per heavy atom. The van der Waals surface area contributed by atoms with E-state index < -0.39 is 25.0 Å². The molecule has 0 N–H and O–H groups in total. The van der Waals surface area contributed by atoms with Gasteiger partial charge in [0.1, 0.15) is 0 Å². The predicted octanol–water partition coefficient (Wildman–Crippen LogP) is 4.44. The molecular weight excluding hydrogens is 576 g/mol. The van der Waals surface area contributed by atoms with Crippen LogP contribution in [0.25, 0.3) is 0 Å². The van der Waals surface area contributed by atoms with Crippen LogP contribution < -0.4 is 0 Å². The molecule has 10 nitrogen and oxygen atoms in total. The maximum absolute atomic E-state index is 13.7. The van der Waals surface area contributed by atoms with Gasteiger partial charge in [-0.1, -0.05) is 54.6 Å². The van der Waals surface area contributed by atoms with Gasteiger partial charge in [-0.05, 0) is 68.3 Å². The molecule has 42 heavy (non-hydrogen) atoms. The molecule has 0 aromatic heterocycles. The summed E-state index contributed by atoms with van der Waals surface area (Å²) in [7, 11) is -7.92. The van der Waals surface area contributed by atoms with Crippen molar-refractivity contribution in [3.63, 3.8) is 0 Å². The zero-order chi connectivity index (χ0) is 30.3. The van der Waals surface area contributed by atoms with E-state index in [1.165, 1.54) is 20.7 Å². The number of aryl methyl sites for hydroxylation is 1. The zero-order valence-corrected chi connectivity index (χ0v) is 25.3. The minimum absolute atomic E-state index is 0.0405. The van der Waals surface area contributed by atoms with E-state index >= 15 is 0 Å². The van der Waals surface area contributed by atoms with Gasteiger partial charge in [-0.2, -0.15) is 8.61 Å². The molecule has 0 amide bonds. The summed E-state index contributed by atoms with van der Waals surface area (Å²) in [6.45, 7) is 8.11. The van der Waals surface area contributed by atoms with Crippen LogP contribution in [-0.2, 0) is 26.6 Å². The minimum atomic E-state index is -4.05. The third-order valence-electron chi connectivity index (χ3n) is 7.16. The van der Waals surface area contributed by atoms with E-state index in [0.29, 0.717) is 38.0 Å². The molecule has 4 rings (SSSR count). The number of nitro benzene ring substituents is 1. The predicted molar refractivity (Wildman–Crippen MR) is 162 cm³/mol. The molecule has 3 aromatic rings. The lowest BCUT2D eigenvalue weighted by Crippen LogP contribution is -2.41. The molecule has 0 bridgehead atoms.